The fourth-order valence-electron chi connectivity index (χ4n) is 2.19. The summed E-state index contributed by atoms with van der Waals surface area (Å²) in [6.07, 6.45) is 5.59. The highest BCUT2D eigenvalue weighted by Crippen LogP contribution is 2.23. The van der Waals surface area contributed by atoms with E-state index in [-0.39, 0.29) is 6.04 Å². The van der Waals surface area contributed by atoms with Gasteiger partial charge in [0.2, 0.25) is 0 Å². The van der Waals surface area contributed by atoms with E-state index in [1.165, 1.54) is 5.56 Å². The molecule has 1 aromatic carbocycles. The molecule has 0 fully saturated rings. The van der Waals surface area contributed by atoms with E-state index in [9.17, 15) is 0 Å². The molecule has 1 unspecified atom stereocenters. The van der Waals surface area contributed by atoms with Crippen LogP contribution in [-0.4, -0.2) is 21.4 Å². The lowest BCUT2D eigenvalue weighted by atomic mass is 10.1. The number of anilines is 2. The van der Waals surface area contributed by atoms with Crippen molar-refractivity contribution in [3.8, 4) is 0 Å². The van der Waals surface area contributed by atoms with Crippen molar-refractivity contribution >= 4 is 33.2 Å². The second-order valence-corrected chi connectivity index (χ2v) is 5.72. The van der Waals surface area contributed by atoms with Crippen molar-refractivity contribution in [2.75, 3.05) is 17.7 Å². The fourth-order valence-corrected chi connectivity index (χ4v) is 2.45. The van der Waals surface area contributed by atoms with Gasteiger partial charge in [0.15, 0.2) is 11.5 Å². The molecule has 0 aliphatic rings. The number of imidazole rings is 1. The van der Waals surface area contributed by atoms with Gasteiger partial charge < -0.3 is 15.0 Å². The SMILES string of the molecule is CNc1cn2ccnc2c(NC(C)c2ccc(Br)cc2)n1. The van der Waals surface area contributed by atoms with E-state index < -0.39 is 0 Å². The first-order chi connectivity index (χ1) is 10.2. The van der Waals surface area contributed by atoms with Gasteiger partial charge in [-0.05, 0) is 24.6 Å². The molecule has 0 saturated carbocycles. The zero-order valence-electron chi connectivity index (χ0n) is 11.8. The van der Waals surface area contributed by atoms with Crippen molar-refractivity contribution < 1.29 is 0 Å². The van der Waals surface area contributed by atoms with Gasteiger partial charge in [0, 0.05) is 23.9 Å². The highest BCUT2D eigenvalue weighted by atomic mass is 79.9. The molecule has 108 valence electrons. The first-order valence-corrected chi connectivity index (χ1v) is 7.50. The molecule has 3 aromatic rings. The smallest absolute Gasteiger partial charge is 0.180 e. The lowest BCUT2D eigenvalue weighted by molar-refractivity contribution is 0.872. The molecule has 0 aliphatic heterocycles. The summed E-state index contributed by atoms with van der Waals surface area (Å²) in [6.45, 7) is 2.11. The van der Waals surface area contributed by atoms with Crippen LogP contribution in [0.1, 0.15) is 18.5 Å². The summed E-state index contributed by atoms with van der Waals surface area (Å²) < 4.78 is 3.03. The molecule has 6 heteroatoms. The average molecular weight is 346 g/mol. The number of hydrogen-bond acceptors (Lipinski definition) is 4. The number of hydrogen-bond donors (Lipinski definition) is 2. The van der Waals surface area contributed by atoms with Crippen molar-refractivity contribution in [1.29, 1.82) is 0 Å². The predicted molar refractivity (Wildman–Crippen MR) is 88.7 cm³/mol. The first-order valence-electron chi connectivity index (χ1n) is 6.71. The van der Waals surface area contributed by atoms with E-state index in [1.807, 2.05) is 36.0 Å². The molecule has 0 amide bonds. The summed E-state index contributed by atoms with van der Waals surface area (Å²) in [5, 5.41) is 6.50. The largest absolute Gasteiger partial charge is 0.372 e. The Labute approximate surface area is 131 Å². The van der Waals surface area contributed by atoms with Crippen LogP contribution in [0.15, 0.2) is 47.3 Å². The minimum absolute atomic E-state index is 0.137. The van der Waals surface area contributed by atoms with E-state index in [1.54, 1.807) is 6.20 Å². The third-order valence-electron chi connectivity index (χ3n) is 3.35. The number of fused-ring (bicyclic) bond motifs is 1. The quantitative estimate of drug-likeness (QED) is 0.756. The Morgan fingerprint density at radius 2 is 2.00 bits per heavy atom. The molecule has 0 bridgehead atoms. The normalized spacial score (nSPS) is 12.3. The van der Waals surface area contributed by atoms with Gasteiger partial charge in [-0.15, -0.1) is 0 Å². The van der Waals surface area contributed by atoms with E-state index in [4.69, 9.17) is 0 Å². The third-order valence-corrected chi connectivity index (χ3v) is 3.88. The summed E-state index contributed by atoms with van der Waals surface area (Å²) in [7, 11) is 1.85. The van der Waals surface area contributed by atoms with Crippen LogP contribution in [0.2, 0.25) is 0 Å². The Morgan fingerprint density at radius 1 is 1.24 bits per heavy atom. The van der Waals surface area contributed by atoms with Gasteiger partial charge in [0.25, 0.3) is 0 Å². The Kier molecular flexibility index (Phi) is 3.79. The van der Waals surface area contributed by atoms with E-state index >= 15 is 0 Å². The van der Waals surface area contributed by atoms with E-state index in [2.05, 4.69) is 55.6 Å². The summed E-state index contributed by atoms with van der Waals surface area (Å²) in [5.41, 5.74) is 2.01. The topological polar surface area (TPSA) is 54.2 Å². The lowest BCUT2D eigenvalue weighted by Crippen LogP contribution is -2.10. The molecular weight excluding hydrogens is 330 g/mol. The van der Waals surface area contributed by atoms with Crippen molar-refractivity contribution in [3.05, 3.63) is 52.9 Å². The van der Waals surface area contributed by atoms with Crippen molar-refractivity contribution in [3.63, 3.8) is 0 Å². The van der Waals surface area contributed by atoms with Gasteiger partial charge in [-0.1, -0.05) is 28.1 Å². The van der Waals surface area contributed by atoms with Crippen LogP contribution in [0.4, 0.5) is 11.6 Å². The number of nitrogens with zero attached hydrogens (tertiary/aromatic N) is 3. The second-order valence-electron chi connectivity index (χ2n) is 4.80. The second kappa shape index (κ2) is 5.73. The number of rotatable bonds is 4. The molecule has 0 aliphatic carbocycles. The van der Waals surface area contributed by atoms with Crippen LogP contribution in [0, 0.1) is 0 Å². The zero-order valence-corrected chi connectivity index (χ0v) is 13.4. The van der Waals surface area contributed by atoms with Gasteiger partial charge in [-0.2, -0.15) is 0 Å². The minimum Gasteiger partial charge on any atom is -0.372 e. The van der Waals surface area contributed by atoms with Crippen LogP contribution >= 0.6 is 15.9 Å². The molecule has 0 radical (unpaired) electrons. The van der Waals surface area contributed by atoms with Crippen LogP contribution in [0.25, 0.3) is 5.65 Å². The van der Waals surface area contributed by atoms with Gasteiger partial charge in [0.1, 0.15) is 5.82 Å². The van der Waals surface area contributed by atoms with Crippen LogP contribution in [0.5, 0.6) is 0 Å². The van der Waals surface area contributed by atoms with Crippen LogP contribution in [0.3, 0.4) is 0 Å². The Morgan fingerprint density at radius 3 is 2.71 bits per heavy atom. The lowest BCUT2D eigenvalue weighted by Gasteiger charge is -2.16. The first kappa shape index (κ1) is 13.9. The van der Waals surface area contributed by atoms with Crippen molar-refractivity contribution in [2.24, 2.45) is 0 Å². The summed E-state index contributed by atoms with van der Waals surface area (Å²) >= 11 is 3.45. The molecule has 2 heterocycles. The highest BCUT2D eigenvalue weighted by Gasteiger charge is 2.11. The third kappa shape index (κ3) is 2.85. The number of aromatic nitrogens is 3. The molecule has 0 saturated heterocycles. The molecule has 2 N–H and O–H groups in total. The number of benzene rings is 1. The maximum Gasteiger partial charge on any atom is 0.180 e. The van der Waals surface area contributed by atoms with Crippen LogP contribution in [-0.2, 0) is 0 Å². The molecular formula is C15H16BrN5. The summed E-state index contributed by atoms with van der Waals surface area (Å²) in [5.74, 6) is 1.56. The molecule has 2 aromatic heterocycles. The standard InChI is InChI=1S/C15H16BrN5/c1-10(11-3-5-12(16)6-4-11)19-14-15-18-7-8-21(15)9-13(17-2)20-14/h3-10,17H,1-2H3,(H,19,20). The fraction of sp³-hybridized carbons (Fsp3) is 0.200. The van der Waals surface area contributed by atoms with E-state index in [0.29, 0.717) is 0 Å². The molecule has 1 atom stereocenters. The van der Waals surface area contributed by atoms with Gasteiger partial charge in [-0.25, -0.2) is 9.97 Å². The Bertz CT molecular complexity index is 750. The molecule has 5 nitrogen and oxygen atoms in total. The summed E-state index contributed by atoms with van der Waals surface area (Å²) in [6, 6.07) is 8.39. The van der Waals surface area contributed by atoms with Gasteiger partial charge >= 0.3 is 0 Å². The predicted octanol–water partition coefficient (Wildman–Crippen LogP) is 3.71. The zero-order chi connectivity index (χ0) is 14.8. The molecule has 0 spiro atoms. The van der Waals surface area contributed by atoms with Crippen LogP contribution < -0.4 is 10.6 Å². The average Bonchev–Trinajstić information content (AvgIpc) is 2.96. The van der Waals surface area contributed by atoms with Gasteiger partial charge in [0.05, 0.1) is 12.2 Å². The summed E-state index contributed by atoms with van der Waals surface area (Å²) in [4.78, 5) is 8.92. The Balaban J connectivity index is 1.93. The monoisotopic (exact) mass is 345 g/mol. The van der Waals surface area contributed by atoms with Crippen molar-refractivity contribution in [1.82, 2.24) is 14.4 Å². The van der Waals surface area contributed by atoms with Gasteiger partial charge in [-0.3, -0.25) is 0 Å². The minimum atomic E-state index is 0.137. The highest BCUT2D eigenvalue weighted by molar-refractivity contribution is 9.10. The maximum atomic E-state index is 4.56. The Hall–Kier alpha value is -2.08. The maximum absolute atomic E-state index is 4.56. The van der Waals surface area contributed by atoms with E-state index in [0.717, 1.165) is 21.8 Å². The van der Waals surface area contributed by atoms with Crippen molar-refractivity contribution in [2.45, 2.75) is 13.0 Å². The number of nitrogens with one attached hydrogen (secondary N) is 2. The molecule has 3 rings (SSSR count). The number of halogens is 1. The molecule has 21 heavy (non-hydrogen) atoms.